The molecule has 1 atom stereocenters. The lowest BCUT2D eigenvalue weighted by molar-refractivity contribution is -0.113. The lowest BCUT2D eigenvalue weighted by atomic mass is 9.93. The molecule has 1 saturated heterocycles. The molecule has 116 valence electrons. The third-order valence-corrected chi connectivity index (χ3v) is 5.09. The number of rotatable bonds is 4. The van der Waals surface area contributed by atoms with Crippen LogP contribution in [-0.4, -0.2) is 52.4 Å². The van der Waals surface area contributed by atoms with E-state index in [1.165, 1.54) is 17.4 Å². The van der Waals surface area contributed by atoms with Crippen molar-refractivity contribution in [3.8, 4) is 0 Å². The summed E-state index contributed by atoms with van der Waals surface area (Å²) < 4.78 is 31.0. The van der Waals surface area contributed by atoms with Gasteiger partial charge in [-0.05, 0) is 24.0 Å². The molecule has 0 radical (unpaired) electrons. The van der Waals surface area contributed by atoms with E-state index >= 15 is 0 Å². The van der Waals surface area contributed by atoms with Crippen LogP contribution in [0.15, 0.2) is 24.3 Å². The Hall–Kier alpha value is -0.950. The maximum absolute atomic E-state index is 11.1. The highest BCUT2D eigenvalue weighted by atomic mass is 32.2. The van der Waals surface area contributed by atoms with Crippen molar-refractivity contribution in [2.75, 3.05) is 39.0 Å². The molecule has 1 fully saturated rings. The van der Waals surface area contributed by atoms with E-state index < -0.39 is 10.0 Å². The van der Waals surface area contributed by atoms with Crippen molar-refractivity contribution in [2.45, 2.75) is 18.4 Å². The summed E-state index contributed by atoms with van der Waals surface area (Å²) in [5.41, 5.74) is 2.50. The molecule has 1 spiro atoms. The highest BCUT2D eigenvalue weighted by Crippen LogP contribution is 2.41. The Morgan fingerprint density at radius 2 is 2.19 bits per heavy atom. The second-order valence-corrected chi connectivity index (χ2v) is 7.78. The molecule has 1 N–H and O–H groups in total. The van der Waals surface area contributed by atoms with Gasteiger partial charge in [-0.2, -0.15) is 0 Å². The number of benzene rings is 1. The van der Waals surface area contributed by atoms with Crippen LogP contribution in [0.3, 0.4) is 0 Å². The normalized spacial score (nSPS) is 26.1. The molecule has 1 aromatic carbocycles. The van der Waals surface area contributed by atoms with Gasteiger partial charge in [0.1, 0.15) is 5.60 Å². The Kier molecular flexibility index (Phi) is 4.05. The number of morpholine rings is 1. The largest absolute Gasteiger partial charge is 0.368 e. The summed E-state index contributed by atoms with van der Waals surface area (Å²) in [5.74, 6) is 0. The first-order valence-electron chi connectivity index (χ1n) is 7.38. The van der Waals surface area contributed by atoms with Crippen molar-refractivity contribution in [1.82, 2.24) is 9.62 Å². The summed E-state index contributed by atoms with van der Waals surface area (Å²) in [6, 6.07) is 8.49. The van der Waals surface area contributed by atoms with Crippen LogP contribution < -0.4 is 4.72 Å². The molecule has 0 bridgehead atoms. The van der Waals surface area contributed by atoms with E-state index in [1.54, 1.807) is 0 Å². The van der Waals surface area contributed by atoms with Gasteiger partial charge in [-0.15, -0.1) is 0 Å². The topological polar surface area (TPSA) is 58.6 Å². The van der Waals surface area contributed by atoms with Crippen LogP contribution in [0.5, 0.6) is 0 Å². The summed E-state index contributed by atoms with van der Waals surface area (Å²) in [7, 11) is -3.11. The fourth-order valence-corrected chi connectivity index (χ4v) is 3.87. The predicted octanol–water partition coefficient (Wildman–Crippen LogP) is 0.710. The van der Waals surface area contributed by atoms with E-state index in [-0.39, 0.29) is 5.60 Å². The predicted molar refractivity (Wildman–Crippen MR) is 81.7 cm³/mol. The highest BCUT2D eigenvalue weighted by molar-refractivity contribution is 7.88. The first kappa shape index (κ1) is 15.0. The van der Waals surface area contributed by atoms with Crippen molar-refractivity contribution in [1.29, 1.82) is 0 Å². The maximum atomic E-state index is 11.1. The average Bonchev–Trinajstić information content (AvgIpc) is 2.77. The first-order valence-corrected chi connectivity index (χ1v) is 9.27. The highest BCUT2D eigenvalue weighted by Gasteiger charge is 2.42. The fourth-order valence-electron chi connectivity index (χ4n) is 3.40. The smallest absolute Gasteiger partial charge is 0.208 e. The molecule has 0 saturated carbocycles. The molecule has 1 aromatic rings. The molecular formula is C15H22N2O3S. The first-order chi connectivity index (χ1) is 9.99. The number of fused-ring (bicyclic) bond motifs is 2. The molecule has 6 heteroatoms. The van der Waals surface area contributed by atoms with Gasteiger partial charge in [0.15, 0.2) is 0 Å². The van der Waals surface area contributed by atoms with E-state index in [0.29, 0.717) is 13.2 Å². The second kappa shape index (κ2) is 5.68. The van der Waals surface area contributed by atoms with Gasteiger partial charge in [-0.25, -0.2) is 13.1 Å². The Balaban J connectivity index is 1.67. The number of hydrogen-bond donors (Lipinski definition) is 1. The number of nitrogens with one attached hydrogen (secondary N) is 1. The van der Waals surface area contributed by atoms with Crippen LogP contribution >= 0.6 is 0 Å². The molecule has 1 aliphatic carbocycles. The molecule has 2 aliphatic rings. The maximum Gasteiger partial charge on any atom is 0.208 e. The zero-order valence-corrected chi connectivity index (χ0v) is 13.2. The van der Waals surface area contributed by atoms with Gasteiger partial charge < -0.3 is 4.74 Å². The average molecular weight is 310 g/mol. The van der Waals surface area contributed by atoms with Crippen LogP contribution in [0.2, 0.25) is 0 Å². The minimum Gasteiger partial charge on any atom is -0.368 e. The Bertz CT molecular complexity index is 613. The van der Waals surface area contributed by atoms with E-state index in [1.807, 2.05) is 0 Å². The number of ether oxygens (including phenoxy) is 1. The number of sulfonamides is 1. The van der Waals surface area contributed by atoms with Gasteiger partial charge >= 0.3 is 0 Å². The summed E-state index contributed by atoms with van der Waals surface area (Å²) in [5, 5.41) is 0. The van der Waals surface area contributed by atoms with Crippen LogP contribution in [-0.2, 0) is 26.8 Å². The summed E-state index contributed by atoms with van der Waals surface area (Å²) in [6.07, 6.45) is 3.27. The van der Waals surface area contributed by atoms with Crippen LogP contribution in [0, 0.1) is 0 Å². The minimum atomic E-state index is -3.11. The van der Waals surface area contributed by atoms with Crippen molar-refractivity contribution in [3.63, 3.8) is 0 Å². The Morgan fingerprint density at radius 3 is 3.00 bits per heavy atom. The molecule has 3 rings (SSSR count). The van der Waals surface area contributed by atoms with Crippen LogP contribution in [0.1, 0.15) is 17.5 Å². The van der Waals surface area contributed by atoms with Crippen molar-refractivity contribution in [3.05, 3.63) is 35.4 Å². The Morgan fingerprint density at radius 1 is 1.38 bits per heavy atom. The molecule has 0 amide bonds. The SMILES string of the molecule is CS(=O)(=O)NCCN1CCOC2(CCc3ccccc32)C1. The van der Waals surface area contributed by atoms with E-state index in [9.17, 15) is 8.42 Å². The fraction of sp³-hybridized carbons (Fsp3) is 0.600. The molecule has 0 aromatic heterocycles. The number of nitrogens with zero attached hydrogens (tertiary/aromatic N) is 1. The second-order valence-electron chi connectivity index (χ2n) is 5.94. The number of aryl methyl sites for hydroxylation is 1. The quantitative estimate of drug-likeness (QED) is 0.890. The molecule has 21 heavy (non-hydrogen) atoms. The van der Waals surface area contributed by atoms with Gasteiger partial charge in [-0.1, -0.05) is 24.3 Å². The van der Waals surface area contributed by atoms with E-state index in [2.05, 4.69) is 33.9 Å². The third-order valence-electron chi connectivity index (χ3n) is 4.36. The zero-order valence-electron chi connectivity index (χ0n) is 12.3. The van der Waals surface area contributed by atoms with Gasteiger partial charge in [0.25, 0.3) is 0 Å². The minimum absolute atomic E-state index is 0.195. The number of hydrogen-bond acceptors (Lipinski definition) is 4. The van der Waals surface area contributed by atoms with Crippen molar-refractivity contribution < 1.29 is 13.2 Å². The lowest BCUT2D eigenvalue weighted by Gasteiger charge is -2.41. The van der Waals surface area contributed by atoms with Crippen molar-refractivity contribution >= 4 is 10.0 Å². The van der Waals surface area contributed by atoms with Crippen LogP contribution in [0.4, 0.5) is 0 Å². The molecular weight excluding hydrogens is 288 g/mol. The summed E-state index contributed by atoms with van der Waals surface area (Å²) >= 11 is 0. The molecule has 5 nitrogen and oxygen atoms in total. The summed E-state index contributed by atoms with van der Waals surface area (Å²) in [6.45, 7) is 3.58. The zero-order chi connectivity index (χ0) is 14.9. The van der Waals surface area contributed by atoms with Gasteiger partial charge in [0.05, 0.1) is 12.9 Å². The lowest BCUT2D eigenvalue weighted by Crippen LogP contribution is -2.50. The molecule has 1 unspecified atom stereocenters. The van der Waals surface area contributed by atoms with E-state index in [0.717, 1.165) is 32.5 Å². The molecule has 1 heterocycles. The third kappa shape index (κ3) is 3.29. The van der Waals surface area contributed by atoms with Gasteiger partial charge in [0, 0.05) is 26.2 Å². The van der Waals surface area contributed by atoms with E-state index in [4.69, 9.17) is 4.74 Å². The standard InChI is InChI=1S/C15H22N2O3S/c1-21(18,19)16-8-9-17-10-11-20-15(12-17)7-6-13-4-2-3-5-14(13)15/h2-5,16H,6-12H2,1H3. The molecule has 1 aliphatic heterocycles. The Labute approximate surface area is 126 Å². The monoisotopic (exact) mass is 310 g/mol. The van der Waals surface area contributed by atoms with Gasteiger partial charge in [0.2, 0.25) is 10.0 Å². The van der Waals surface area contributed by atoms with Crippen LogP contribution in [0.25, 0.3) is 0 Å². The van der Waals surface area contributed by atoms with Crippen molar-refractivity contribution in [2.24, 2.45) is 0 Å². The summed E-state index contributed by atoms with van der Waals surface area (Å²) in [4.78, 5) is 2.30. The van der Waals surface area contributed by atoms with Gasteiger partial charge in [-0.3, -0.25) is 4.90 Å².